The fraction of sp³-hybridized carbons (Fsp3) is 0.705. The third kappa shape index (κ3) is 28.2. The summed E-state index contributed by atoms with van der Waals surface area (Å²) in [5.74, 6) is -1.82. The summed E-state index contributed by atoms with van der Waals surface area (Å²) in [7, 11) is -15.2. The van der Waals surface area contributed by atoms with Crippen molar-refractivity contribution in [3.05, 3.63) is 47.0 Å². The average molecular weight is 1060 g/mol. The predicted octanol–water partition coefficient (Wildman–Crippen LogP) is -3.51. The molecular weight excluding hydrogens is 994 g/mol. The van der Waals surface area contributed by atoms with Crippen molar-refractivity contribution in [1.82, 2.24) is 10.6 Å². The number of benzene rings is 2. The maximum absolute atomic E-state index is 13.9. The fourth-order valence-corrected chi connectivity index (χ4v) is 10.4. The van der Waals surface area contributed by atoms with Gasteiger partial charge in [-0.2, -0.15) is 25.3 Å². The van der Waals surface area contributed by atoms with Gasteiger partial charge >= 0.3 is 120 Å². The molecule has 0 unspecified atom stereocenters. The Kier molecular flexibility index (Phi) is 34.9. The molecule has 1 heterocycles. The number of phenolic OH excluding ortho intramolecular Hbond substituents is 1. The van der Waals surface area contributed by atoms with E-state index in [0.29, 0.717) is 68.2 Å². The zero-order chi connectivity index (χ0) is 48.8. The van der Waals surface area contributed by atoms with E-state index in [1.54, 1.807) is 0 Å². The number of fused-ring (bicyclic) bond motifs is 1. The zero-order valence-electron chi connectivity index (χ0n) is 40.8. The SMILES string of the molecule is CCCCCCCCC[C@H](OS(=O)(=O)O)[C@H](CC[C@H](CCCCCCCCCCCC[C@@]1(C(=O)NCCc2cc([O-])cc([O-])c2)NCCc2cc(O)cc([O-])c21)OS(=O)(=O)O)OS(=O)(=O)O.[Na+].[Na+].[Na+]. The van der Waals surface area contributed by atoms with E-state index in [9.17, 15) is 64.1 Å². The molecule has 3 rings (SSSR count). The summed E-state index contributed by atoms with van der Waals surface area (Å²) in [5, 5.41) is 53.1. The van der Waals surface area contributed by atoms with Crippen molar-refractivity contribution in [3.63, 3.8) is 0 Å². The van der Waals surface area contributed by atoms with Crippen LogP contribution in [0.5, 0.6) is 23.0 Å². The van der Waals surface area contributed by atoms with Crippen molar-refractivity contribution in [2.24, 2.45) is 0 Å². The number of unbranched alkanes of at least 4 members (excludes halogenated alkanes) is 15. The third-order valence-corrected chi connectivity index (χ3v) is 13.3. The van der Waals surface area contributed by atoms with Gasteiger partial charge in [-0.25, -0.2) is 12.5 Å². The number of hydrogen-bond donors (Lipinski definition) is 6. The van der Waals surface area contributed by atoms with Gasteiger partial charge < -0.3 is 25.7 Å². The number of carbonyl (C=O) groups is 1. The molecule has 25 heteroatoms. The number of amides is 1. The second-order valence-electron chi connectivity index (χ2n) is 17.2. The van der Waals surface area contributed by atoms with Crippen LogP contribution in [0, 0.1) is 0 Å². The molecule has 2 aromatic rings. The predicted molar refractivity (Wildman–Crippen MR) is 239 cm³/mol. The molecule has 1 aliphatic heterocycles. The van der Waals surface area contributed by atoms with Crippen LogP contribution in [0.2, 0.25) is 0 Å². The summed E-state index contributed by atoms with van der Waals surface area (Å²) >= 11 is 0. The average Bonchev–Trinajstić information content (AvgIpc) is 3.19. The quantitative estimate of drug-likeness (QED) is 0.0222. The van der Waals surface area contributed by atoms with Gasteiger partial charge in [-0.15, -0.1) is 11.5 Å². The van der Waals surface area contributed by atoms with Crippen LogP contribution in [-0.2, 0) is 66.9 Å². The van der Waals surface area contributed by atoms with Crippen molar-refractivity contribution in [2.45, 2.75) is 185 Å². The molecular formula is C44H69N2Na3O17S3. The maximum atomic E-state index is 13.9. The fourth-order valence-electron chi connectivity index (χ4n) is 8.75. The van der Waals surface area contributed by atoms with E-state index in [-0.39, 0.29) is 133 Å². The molecule has 0 bridgehead atoms. The van der Waals surface area contributed by atoms with E-state index in [4.69, 9.17) is 12.5 Å². The van der Waals surface area contributed by atoms with Gasteiger partial charge in [0.15, 0.2) is 0 Å². The Hall–Kier alpha value is -0.320. The number of aromatic hydroxyl groups is 1. The number of hydrogen-bond acceptors (Lipinski definition) is 15. The number of rotatable bonds is 35. The molecule has 0 aromatic heterocycles. The molecule has 4 atom stereocenters. The summed E-state index contributed by atoms with van der Waals surface area (Å²) in [6.07, 6.45) is 9.98. The topological polar surface area (TPSA) is 321 Å². The number of phenols is 1. The van der Waals surface area contributed by atoms with Gasteiger partial charge in [0.05, 0.1) is 6.10 Å². The third-order valence-electron chi connectivity index (χ3n) is 11.8. The van der Waals surface area contributed by atoms with Crippen LogP contribution in [-0.4, -0.2) is 81.3 Å². The molecule has 69 heavy (non-hydrogen) atoms. The van der Waals surface area contributed by atoms with Crippen LogP contribution < -0.4 is 115 Å². The first-order valence-corrected chi connectivity index (χ1v) is 27.2. The summed E-state index contributed by atoms with van der Waals surface area (Å²) in [6.45, 7) is 2.63. The van der Waals surface area contributed by atoms with Crippen LogP contribution in [0.1, 0.15) is 165 Å². The molecule has 0 radical (unpaired) electrons. The van der Waals surface area contributed by atoms with Gasteiger partial charge in [0, 0.05) is 13.1 Å². The molecule has 0 saturated carbocycles. The van der Waals surface area contributed by atoms with Crippen molar-refractivity contribution >= 4 is 37.1 Å². The molecule has 1 amide bonds. The van der Waals surface area contributed by atoms with Crippen LogP contribution in [0.25, 0.3) is 0 Å². The minimum Gasteiger partial charge on any atom is -0.872 e. The Morgan fingerprint density at radius 2 is 1.13 bits per heavy atom. The molecule has 19 nitrogen and oxygen atoms in total. The van der Waals surface area contributed by atoms with Crippen LogP contribution in [0.15, 0.2) is 30.3 Å². The van der Waals surface area contributed by atoms with Gasteiger partial charge in [-0.3, -0.25) is 23.8 Å². The van der Waals surface area contributed by atoms with Crippen LogP contribution >= 0.6 is 0 Å². The molecule has 378 valence electrons. The largest absolute Gasteiger partial charge is 1.00 e. The summed E-state index contributed by atoms with van der Waals surface area (Å²) in [6, 6.07) is 6.31. The second kappa shape index (κ2) is 35.0. The number of nitrogens with one attached hydrogen (secondary N) is 2. The summed E-state index contributed by atoms with van der Waals surface area (Å²) in [4.78, 5) is 13.9. The smallest absolute Gasteiger partial charge is 0.872 e. The maximum Gasteiger partial charge on any atom is 1.00 e. The molecule has 0 spiro atoms. The van der Waals surface area contributed by atoms with Crippen molar-refractivity contribution < 1.29 is 165 Å². The molecule has 2 aromatic carbocycles. The van der Waals surface area contributed by atoms with E-state index in [0.717, 1.165) is 89.2 Å². The summed E-state index contributed by atoms with van der Waals surface area (Å²) < 4.78 is 113. The van der Waals surface area contributed by atoms with Gasteiger partial charge in [-0.1, -0.05) is 140 Å². The molecule has 0 fully saturated rings. The van der Waals surface area contributed by atoms with Crippen LogP contribution in [0.4, 0.5) is 0 Å². The van der Waals surface area contributed by atoms with Crippen molar-refractivity contribution in [3.8, 4) is 23.0 Å². The molecule has 0 aliphatic carbocycles. The van der Waals surface area contributed by atoms with E-state index in [2.05, 4.69) is 17.6 Å². The van der Waals surface area contributed by atoms with E-state index >= 15 is 0 Å². The Morgan fingerprint density at radius 3 is 1.65 bits per heavy atom. The Balaban J connectivity index is 0.0000154. The Bertz CT molecular complexity index is 2120. The first-order chi connectivity index (χ1) is 31.1. The zero-order valence-corrected chi connectivity index (χ0v) is 49.3. The minimum atomic E-state index is -5.14. The summed E-state index contributed by atoms with van der Waals surface area (Å²) in [5.41, 5.74) is 0.0944. The van der Waals surface area contributed by atoms with Gasteiger partial charge in [0.25, 0.3) is 0 Å². The standard InChI is InChI=1S/C44H72N2O17S3.3Na/c1-2-3-4-5-10-14-17-20-40(62-65(55,56)57)41(63-66(58,59)60)22-21-38(61-64(52,53)54)19-16-13-11-8-6-7-9-12-15-18-25-44(42-34(24-27-46-44)30-37(49)32-39(42)50)43(51)45-26-23-33-28-35(47)31-36(48)29-33;;;/h28-32,38,40-41,46-50H,2-27H2,1H3,(H,45,51)(H,52,53,54)(H,55,56,57)(H,58,59,60);;;/q;3*+1/p-3/t38-,40-,41-,44+;;;/m0.../s1. The first kappa shape index (κ1) is 68.7. The van der Waals surface area contributed by atoms with Crippen molar-refractivity contribution in [1.29, 1.82) is 0 Å². The van der Waals surface area contributed by atoms with E-state index in [1.165, 1.54) is 18.2 Å². The Morgan fingerprint density at radius 1 is 0.652 bits per heavy atom. The van der Waals surface area contributed by atoms with Crippen LogP contribution in [0.3, 0.4) is 0 Å². The monoisotopic (exact) mass is 1060 g/mol. The van der Waals surface area contributed by atoms with Crippen molar-refractivity contribution in [2.75, 3.05) is 13.1 Å². The van der Waals surface area contributed by atoms with E-state index < -0.39 is 78.2 Å². The van der Waals surface area contributed by atoms with Gasteiger partial charge in [0.2, 0.25) is 5.91 Å². The second-order valence-corrected chi connectivity index (χ2v) is 20.4. The normalized spacial score (nSPS) is 16.2. The molecule has 0 saturated heterocycles. The minimum absolute atomic E-state index is 0. The number of carbonyl (C=O) groups excluding carboxylic acids is 1. The van der Waals surface area contributed by atoms with E-state index in [1.807, 2.05) is 0 Å². The Labute approximate surface area is 476 Å². The molecule has 6 N–H and O–H groups in total. The van der Waals surface area contributed by atoms with Gasteiger partial charge in [-0.05, 0) is 73.8 Å². The first-order valence-electron chi connectivity index (χ1n) is 23.1. The van der Waals surface area contributed by atoms with Gasteiger partial charge in [0.1, 0.15) is 23.5 Å². The molecule has 1 aliphatic rings.